The van der Waals surface area contributed by atoms with Gasteiger partial charge in [0.2, 0.25) is 11.8 Å². The van der Waals surface area contributed by atoms with Crippen LogP contribution < -0.4 is 10.2 Å². The summed E-state index contributed by atoms with van der Waals surface area (Å²) in [6, 6.07) is 1.97. The van der Waals surface area contributed by atoms with E-state index in [1.165, 1.54) is 0 Å². The van der Waals surface area contributed by atoms with Gasteiger partial charge in [0.05, 0.1) is 24.5 Å². The third kappa shape index (κ3) is 2.11. The number of nitrogens with one attached hydrogen (secondary N) is 1. The van der Waals surface area contributed by atoms with Crippen molar-refractivity contribution in [1.82, 2.24) is 10.5 Å². The molecule has 4 atom stereocenters. The molecular weight excluding hydrogens is 322 g/mol. The third-order valence-electron chi connectivity index (χ3n) is 6.00. The lowest BCUT2D eigenvalue weighted by Gasteiger charge is -2.24. The van der Waals surface area contributed by atoms with Crippen molar-refractivity contribution in [3.05, 3.63) is 24.0 Å². The zero-order valence-corrected chi connectivity index (χ0v) is 14.1. The van der Waals surface area contributed by atoms with E-state index in [-0.39, 0.29) is 24.0 Å². The van der Waals surface area contributed by atoms with E-state index in [0.717, 1.165) is 25.7 Å². The number of aromatic nitrogens is 1. The van der Waals surface area contributed by atoms with Crippen LogP contribution in [0.5, 0.6) is 0 Å². The molecule has 1 aromatic rings. The van der Waals surface area contributed by atoms with Crippen molar-refractivity contribution in [2.45, 2.75) is 50.4 Å². The minimum absolute atomic E-state index is 0.0559. The molecule has 3 aliphatic heterocycles. The lowest BCUT2D eigenvalue weighted by atomic mass is 9.76. The molecule has 2 bridgehead atoms. The van der Waals surface area contributed by atoms with Crippen molar-refractivity contribution in [2.75, 3.05) is 11.4 Å². The van der Waals surface area contributed by atoms with Gasteiger partial charge in [-0.15, -0.1) is 0 Å². The van der Waals surface area contributed by atoms with Gasteiger partial charge in [0.25, 0.3) is 0 Å². The number of amides is 2. The Morgan fingerprint density at radius 2 is 2.20 bits per heavy atom. The molecule has 1 aliphatic carbocycles. The molecule has 0 aromatic carbocycles. The fourth-order valence-electron chi connectivity index (χ4n) is 4.84. The van der Waals surface area contributed by atoms with Gasteiger partial charge in [-0.05, 0) is 19.8 Å². The highest BCUT2D eigenvalue weighted by Gasteiger charge is 2.67. The average Bonchev–Trinajstić information content (AvgIpc) is 3.36. The van der Waals surface area contributed by atoms with Crippen LogP contribution in [0, 0.1) is 18.8 Å². The number of anilines is 1. The predicted octanol–water partition coefficient (Wildman–Crippen LogP) is 1.33. The summed E-state index contributed by atoms with van der Waals surface area (Å²) in [5, 5.41) is 7.09. The van der Waals surface area contributed by atoms with Crippen LogP contribution in [-0.2, 0) is 14.3 Å². The Morgan fingerprint density at radius 3 is 2.92 bits per heavy atom. The van der Waals surface area contributed by atoms with Gasteiger partial charge in [-0.3, -0.25) is 14.5 Å². The number of rotatable bonds is 3. The van der Waals surface area contributed by atoms with E-state index >= 15 is 0 Å². The number of carbonyl (C=O) groups is 2. The molecule has 25 heavy (non-hydrogen) atoms. The quantitative estimate of drug-likeness (QED) is 0.837. The summed E-state index contributed by atoms with van der Waals surface area (Å²) in [7, 11) is 0. The summed E-state index contributed by atoms with van der Waals surface area (Å²) in [5.41, 5.74) is -0.716. The summed E-state index contributed by atoms with van der Waals surface area (Å²) in [6.07, 6.45) is 7.92. The molecule has 5 rings (SSSR count). The highest BCUT2D eigenvalue weighted by Crippen LogP contribution is 2.52. The first-order valence-corrected chi connectivity index (χ1v) is 9.00. The molecule has 1 spiro atoms. The molecule has 132 valence electrons. The minimum Gasteiger partial charge on any atom is -0.360 e. The molecular formula is C18H21N3O4. The summed E-state index contributed by atoms with van der Waals surface area (Å²) in [6.45, 7) is 2.17. The Balaban J connectivity index is 1.42. The first-order valence-electron chi connectivity index (χ1n) is 9.00. The molecule has 2 amide bonds. The predicted molar refractivity (Wildman–Crippen MR) is 87.7 cm³/mol. The minimum atomic E-state index is -0.716. The third-order valence-corrected chi connectivity index (χ3v) is 6.00. The van der Waals surface area contributed by atoms with Crippen molar-refractivity contribution in [1.29, 1.82) is 0 Å². The van der Waals surface area contributed by atoms with E-state index in [2.05, 4.69) is 10.5 Å². The molecule has 7 heteroatoms. The maximum atomic E-state index is 13.1. The Labute approximate surface area is 145 Å². The van der Waals surface area contributed by atoms with Gasteiger partial charge in [0.1, 0.15) is 11.4 Å². The largest absolute Gasteiger partial charge is 0.360 e. The SMILES string of the molecule is Cc1cc(N2C[C@@]34C=C[C@@H](O3)[C@@H](C(=O)NC3CCCC3)[C@H]4C2=O)no1. The van der Waals surface area contributed by atoms with Gasteiger partial charge in [0, 0.05) is 12.1 Å². The first-order chi connectivity index (χ1) is 12.1. The lowest BCUT2D eigenvalue weighted by Crippen LogP contribution is -2.46. The fourth-order valence-corrected chi connectivity index (χ4v) is 4.84. The van der Waals surface area contributed by atoms with Gasteiger partial charge in [-0.2, -0.15) is 0 Å². The van der Waals surface area contributed by atoms with Gasteiger partial charge in [0.15, 0.2) is 5.82 Å². The smallest absolute Gasteiger partial charge is 0.235 e. The van der Waals surface area contributed by atoms with Crippen LogP contribution in [0.15, 0.2) is 22.7 Å². The molecule has 4 heterocycles. The molecule has 1 saturated carbocycles. The van der Waals surface area contributed by atoms with Crippen LogP contribution in [0.1, 0.15) is 31.4 Å². The normalized spacial score (nSPS) is 36.4. The number of carbonyl (C=O) groups excluding carboxylic acids is 2. The number of hydrogen-bond acceptors (Lipinski definition) is 5. The molecule has 3 fully saturated rings. The summed E-state index contributed by atoms with van der Waals surface area (Å²) < 4.78 is 11.2. The molecule has 1 aromatic heterocycles. The molecule has 0 unspecified atom stereocenters. The molecule has 0 radical (unpaired) electrons. The second-order valence-electron chi connectivity index (χ2n) is 7.61. The van der Waals surface area contributed by atoms with Crippen molar-refractivity contribution in [2.24, 2.45) is 11.8 Å². The second-order valence-corrected chi connectivity index (χ2v) is 7.61. The lowest BCUT2D eigenvalue weighted by molar-refractivity contribution is -0.132. The standard InChI is InChI=1S/C18H21N3O4/c1-10-8-13(20-25-10)21-9-18-7-6-12(24-18)14(15(18)17(21)23)16(22)19-11-4-2-3-5-11/h6-8,11-12,14-15H,2-5,9H2,1H3,(H,19,22)/t12-,14-,15+,18-/m1/s1. The van der Waals surface area contributed by atoms with Crippen LogP contribution >= 0.6 is 0 Å². The molecule has 2 saturated heterocycles. The Kier molecular flexibility index (Phi) is 3.13. The highest BCUT2D eigenvalue weighted by atomic mass is 16.5. The number of ether oxygens (including phenoxy) is 1. The molecule has 1 N–H and O–H groups in total. The average molecular weight is 343 g/mol. The van der Waals surface area contributed by atoms with E-state index in [0.29, 0.717) is 18.1 Å². The van der Waals surface area contributed by atoms with E-state index < -0.39 is 17.4 Å². The maximum Gasteiger partial charge on any atom is 0.235 e. The van der Waals surface area contributed by atoms with Crippen LogP contribution in [-0.4, -0.2) is 41.3 Å². The van der Waals surface area contributed by atoms with Crippen molar-refractivity contribution >= 4 is 17.6 Å². The van der Waals surface area contributed by atoms with Gasteiger partial charge < -0.3 is 14.6 Å². The summed E-state index contributed by atoms with van der Waals surface area (Å²) >= 11 is 0. The van der Waals surface area contributed by atoms with Gasteiger partial charge in [-0.1, -0.05) is 30.2 Å². The summed E-state index contributed by atoms with van der Waals surface area (Å²) in [5.74, 6) is 0.0266. The molecule has 7 nitrogen and oxygen atoms in total. The van der Waals surface area contributed by atoms with Crippen molar-refractivity contribution < 1.29 is 18.8 Å². The van der Waals surface area contributed by atoms with E-state index in [1.54, 1.807) is 17.9 Å². The van der Waals surface area contributed by atoms with E-state index in [9.17, 15) is 9.59 Å². The number of aryl methyl sites for hydroxylation is 1. The molecule has 4 aliphatic rings. The second kappa shape index (κ2) is 5.17. The highest BCUT2D eigenvalue weighted by molar-refractivity contribution is 6.02. The summed E-state index contributed by atoms with van der Waals surface area (Å²) in [4.78, 5) is 27.6. The van der Waals surface area contributed by atoms with Crippen LogP contribution in [0.4, 0.5) is 5.82 Å². The zero-order valence-electron chi connectivity index (χ0n) is 14.1. The van der Waals surface area contributed by atoms with Crippen molar-refractivity contribution in [3.63, 3.8) is 0 Å². The maximum absolute atomic E-state index is 13.1. The van der Waals surface area contributed by atoms with Gasteiger partial charge in [-0.25, -0.2) is 0 Å². The number of hydrogen-bond donors (Lipinski definition) is 1. The van der Waals surface area contributed by atoms with Crippen LogP contribution in [0.25, 0.3) is 0 Å². The topological polar surface area (TPSA) is 84.7 Å². The first kappa shape index (κ1) is 15.1. The van der Waals surface area contributed by atoms with E-state index in [1.807, 2.05) is 12.2 Å². The number of nitrogens with zero attached hydrogens (tertiary/aromatic N) is 2. The van der Waals surface area contributed by atoms with Crippen molar-refractivity contribution in [3.8, 4) is 0 Å². The Morgan fingerprint density at radius 1 is 1.40 bits per heavy atom. The zero-order chi connectivity index (χ0) is 17.2. The van der Waals surface area contributed by atoms with E-state index in [4.69, 9.17) is 9.26 Å². The van der Waals surface area contributed by atoms with Gasteiger partial charge >= 0.3 is 0 Å². The Bertz CT molecular complexity index is 766. The Hall–Kier alpha value is -2.15. The number of fused-ring (bicyclic) bond motifs is 1. The monoisotopic (exact) mass is 343 g/mol. The fraction of sp³-hybridized carbons (Fsp3) is 0.611. The van der Waals surface area contributed by atoms with Crippen LogP contribution in [0.3, 0.4) is 0 Å². The van der Waals surface area contributed by atoms with Crippen LogP contribution in [0.2, 0.25) is 0 Å².